The van der Waals surface area contributed by atoms with Crippen molar-refractivity contribution in [2.24, 2.45) is 0 Å². The molecule has 0 spiro atoms. The predicted octanol–water partition coefficient (Wildman–Crippen LogP) is 3.55. The summed E-state index contributed by atoms with van der Waals surface area (Å²) in [5, 5.41) is 7.12. The molecule has 1 fully saturated rings. The van der Waals surface area contributed by atoms with Gasteiger partial charge in [-0.15, -0.1) is 0 Å². The van der Waals surface area contributed by atoms with E-state index in [9.17, 15) is 26.7 Å². The Morgan fingerprint density at radius 3 is 2.24 bits per heavy atom. The summed E-state index contributed by atoms with van der Waals surface area (Å²) in [5.74, 6) is -1.55. The number of fused-ring (bicyclic) bond motifs is 1. The summed E-state index contributed by atoms with van der Waals surface area (Å²) in [5.41, 5.74) is 5.51. The van der Waals surface area contributed by atoms with Crippen LogP contribution < -0.4 is 15.4 Å². The largest absolute Gasteiger partial charge is 0.490 e. The third-order valence-corrected chi connectivity index (χ3v) is 4.92. The number of carbonyl (C=O) groups is 2. The van der Waals surface area contributed by atoms with Crippen molar-refractivity contribution in [2.45, 2.75) is 57.4 Å². The number of halogens is 5. The summed E-state index contributed by atoms with van der Waals surface area (Å²) in [6, 6.07) is 3.07. The second-order valence-electron chi connectivity index (χ2n) is 7.71. The number of aromatic nitrogens is 3. The molecule has 14 heteroatoms. The number of pyridine rings is 1. The molecule has 186 valence electrons. The number of carboxylic acids is 1. The lowest BCUT2D eigenvalue weighted by Crippen LogP contribution is -2.46. The van der Waals surface area contributed by atoms with E-state index in [0.29, 0.717) is 6.04 Å². The van der Waals surface area contributed by atoms with E-state index in [1.165, 1.54) is 18.6 Å². The highest BCUT2D eigenvalue weighted by atomic mass is 19.4. The number of alkyl halides is 5. The van der Waals surface area contributed by atoms with E-state index in [4.69, 9.17) is 15.6 Å². The van der Waals surface area contributed by atoms with Crippen molar-refractivity contribution in [3.63, 3.8) is 0 Å². The minimum absolute atomic E-state index is 0.00852. The Kier molecular flexibility index (Phi) is 8.29. The maximum Gasteiger partial charge on any atom is 0.490 e. The molecule has 1 aliphatic carbocycles. The van der Waals surface area contributed by atoms with Gasteiger partial charge in [-0.2, -0.15) is 22.0 Å². The maximum atomic E-state index is 12.4. The molecule has 1 aliphatic heterocycles. The molecule has 0 radical (unpaired) electrons. The van der Waals surface area contributed by atoms with Gasteiger partial charge in [0.05, 0.1) is 17.3 Å². The third kappa shape index (κ3) is 6.48. The van der Waals surface area contributed by atoms with Gasteiger partial charge in [0.1, 0.15) is 11.6 Å². The molecule has 3 N–H and O–H groups in total. The fourth-order valence-electron chi connectivity index (χ4n) is 2.99. The number of carbonyl (C=O) groups excluding carboxylic acids is 1. The molecule has 9 nitrogen and oxygen atoms in total. The number of anilines is 2. The lowest BCUT2D eigenvalue weighted by Gasteiger charge is -2.35. The van der Waals surface area contributed by atoms with Crippen molar-refractivity contribution in [1.29, 1.82) is 0 Å². The molecule has 1 amide bonds. The highest BCUT2D eigenvalue weighted by molar-refractivity contribution is 6.06. The molecule has 3 heterocycles. The fourth-order valence-corrected chi connectivity index (χ4v) is 2.99. The molecular weight excluding hydrogens is 469 g/mol. The minimum Gasteiger partial charge on any atom is -0.475 e. The van der Waals surface area contributed by atoms with Gasteiger partial charge in [-0.25, -0.2) is 14.8 Å². The zero-order chi connectivity index (χ0) is 25.7. The maximum absolute atomic E-state index is 12.4. The average molecular weight is 491 g/mol. The Bertz CT molecular complexity index is 998. The summed E-state index contributed by atoms with van der Waals surface area (Å²) in [6.45, 7) is 1.05. The number of aliphatic carboxylic acids is 1. The summed E-state index contributed by atoms with van der Waals surface area (Å²) in [7, 11) is 0. The number of amides is 1. The first-order valence-corrected chi connectivity index (χ1v) is 9.86. The zero-order valence-electron chi connectivity index (χ0n) is 18.1. The topological polar surface area (TPSA) is 132 Å². The number of nitrogens with zero attached hydrogens (tertiary/aromatic N) is 4. The van der Waals surface area contributed by atoms with Crippen LogP contribution in [0.3, 0.4) is 0 Å². The first-order chi connectivity index (χ1) is 15.7. The highest BCUT2D eigenvalue weighted by Gasteiger charge is 2.49. The molecule has 0 aromatic carbocycles. The van der Waals surface area contributed by atoms with Crippen molar-refractivity contribution in [3.8, 4) is 5.75 Å². The van der Waals surface area contributed by atoms with Crippen LogP contribution in [0.15, 0.2) is 30.7 Å². The molecule has 0 unspecified atom stereocenters. The normalized spacial score (nSPS) is 16.5. The Labute approximate surface area is 190 Å². The fraction of sp³-hybridized carbons (Fsp3) is 0.450. The Hall–Kier alpha value is -3.58. The lowest BCUT2D eigenvalue weighted by atomic mass is 9.89. The van der Waals surface area contributed by atoms with Crippen LogP contribution in [0.5, 0.6) is 5.75 Å². The summed E-state index contributed by atoms with van der Waals surface area (Å²) < 4.78 is 58.8. The zero-order valence-corrected chi connectivity index (χ0v) is 18.1. The van der Waals surface area contributed by atoms with Crippen molar-refractivity contribution in [2.75, 3.05) is 10.6 Å². The summed E-state index contributed by atoms with van der Waals surface area (Å²) >= 11 is 0. The van der Waals surface area contributed by atoms with Gasteiger partial charge in [0.15, 0.2) is 5.82 Å². The molecular formula is C20H22F5N5O4. The van der Waals surface area contributed by atoms with Gasteiger partial charge in [0.25, 0.3) is 0 Å². The SMILES string of the molecule is CC1(C)C(=O)N(C2CCC2)c2nccnc21.Nc1ccc(OC(F)F)cn1.O=C(O)C(F)(F)F. The molecule has 2 aromatic rings. The van der Waals surface area contributed by atoms with Crippen LogP contribution in [0, 0.1) is 0 Å². The van der Waals surface area contributed by atoms with Crippen molar-refractivity contribution in [3.05, 3.63) is 36.4 Å². The van der Waals surface area contributed by atoms with E-state index in [0.717, 1.165) is 30.6 Å². The molecule has 1 saturated carbocycles. The van der Waals surface area contributed by atoms with Gasteiger partial charge in [-0.05, 0) is 45.2 Å². The monoisotopic (exact) mass is 491 g/mol. The van der Waals surface area contributed by atoms with Crippen molar-refractivity contribution < 1.29 is 41.4 Å². The van der Waals surface area contributed by atoms with Gasteiger partial charge in [0.2, 0.25) is 5.91 Å². The van der Waals surface area contributed by atoms with Crippen molar-refractivity contribution in [1.82, 2.24) is 15.0 Å². The highest BCUT2D eigenvalue weighted by Crippen LogP contribution is 2.42. The van der Waals surface area contributed by atoms with E-state index in [1.807, 2.05) is 18.7 Å². The van der Waals surface area contributed by atoms with Crippen LogP contribution in [0.1, 0.15) is 38.8 Å². The Morgan fingerprint density at radius 1 is 1.21 bits per heavy atom. The van der Waals surface area contributed by atoms with Crippen LogP contribution in [0.25, 0.3) is 0 Å². The number of ether oxygens (including phenoxy) is 1. The molecule has 0 atom stereocenters. The van der Waals surface area contributed by atoms with Crippen LogP contribution in [0.2, 0.25) is 0 Å². The number of rotatable bonds is 3. The molecule has 0 bridgehead atoms. The van der Waals surface area contributed by atoms with Gasteiger partial charge >= 0.3 is 18.8 Å². The number of hydrogen-bond acceptors (Lipinski definition) is 7. The van der Waals surface area contributed by atoms with Gasteiger partial charge in [-0.3, -0.25) is 14.7 Å². The van der Waals surface area contributed by atoms with Gasteiger partial charge in [-0.1, -0.05) is 0 Å². The quantitative estimate of drug-likeness (QED) is 0.624. The predicted molar refractivity (Wildman–Crippen MR) is 109 cm³/mol. The van der Waals surface area contributed by atoms with Crippen molar-refractivity contribution >= 4 is 23.5 Å². The Morgan fingerprint density at radius 2 is 1.79 bits per heavy atom. The standard InChI is InChI=1S/C12H15N3O.C6H6F2N2O.C2HF3O2/c1-12(2)9-10(14-7-6-13-9)15(11(12)16)8-4-3-5-8;7-6(8)11-4-1-2-5(9)10-3-4;3-2(4,5)1(6)7/h6-8H,3-5H2,1-2H3;1-3,6H,(H2,9,10);(H,6,7). The molecule has 2 aromatic heterocycles. The molecule has 34 heavy (non-hydrogen) atoms. The summed E-state index contributed by atoms with van der Waals surface area (Å²) in [4.78, 5) is 35.3. The molecule has 2 aliphatic rings. The first-order valence-electron chi connectivity index (χ1n) is 9.86. The van der Waals surface area contributed by atoms with Gasteiger partial charge in [0, 0.05) is 18.4 Å². The number of nitrogens with two attached hydrogens (primary N) is 1. The number of carboxylic acid groups (broad SMARTS) is 1. The second-order valence-corrected chi connectivity index (χ2v) is 7.71. The third-order valence-electron chi connectivity index (χ3n) is 4.92. The lowest BCUT2D eigenvalue weighted by molar-refractivity contribution is -0.192. The summed E-state index contributed by atoms with van der Waals surface area (Å²) in [6.07, 6.45) is 2.79. The number of nitrogen functional groups attached to an aromatic ring is 1. The van der Waals surface area contributed by atoms with E-state index in [1.54, 1.807) is 12.4 Å². The smallest absolute Gasteiger partial charge is 0.475 e. The minimum atomic E-state index is -5.08. The average Bonchev–Trinajstić information content (AvgIpc) is 2.90. The van der Waals surface area contributed by atoms with Crippen LogP contribution in [-0.2, 0) is 15.0 Å². The molecule has 0 saturated heterocycles. The first kappa shape index (κ1) is 26.7. The Balaban J connectivity index is 0.000000198. The van der Waals surface area contributed by atoms with E-state index in [-0.39, 0.29) is 17.5 Å². The van der Waals surface area contributed by atoms with Crippen LogP contribution in [0.4, 0.5) is 33.6 Å². The van der Waals surface area contributed by atoms with E-state index in [2.05, 4.69) is 19.7 Å². The van der Waals surface area contributed by atoms with E-state index >= 15 is 0 Å². The number of hydrogen-bond donors (Lipinski definition) is 2. The van der Waals surface area contributed by atoms with Crippen LogP contribution in [-0.4, -0.2) is 50.8 Å². The van der Waals surface area contributed by atoms with E-state index < -0.39 is 24.2 Å². The molecule has 4 rings (SSSR count). The second kappa shape index (κ2) is 10.6. The van der Waals surface area contributed by atoms with Gasteiger partial charge < -0.3 is 15.6 Å². The van der Waals surface area contributed by atoms with Crippen LogP contribution >= 0.6 is 0 Å².